The van der Waals surface area contributed by atoms with Crippen LogP contribution >= 0.6 is 0 Å². The van der Waals surface area contributed by atoms with Gasteiger partial charge < -0.3 is 14.4 Å². The maximum atomic E-state index is 12.8. The quantitative estimate of drug-likeness (QED) is 0.723. The van der Waals surface area contributed by atoms with Crippen molar-refractivity contribution in [1.82, 2.24) is 5.16 Å². The minimum Gasteiger partial charge on any atom is -0.395 e. The van der Waals surface area contributed by atoms with E-state index in [-0.39, 0.29) is 24.7 Å². The molecular weight excluding hydrogens is 358 g/mol. The highest BCUT2D eigenvalue weighted by molar-refractivity contribution is 7.93. The monoisotopic (exact) mass is 387 g/mol. The third kappa shape index (κ3) is 4.53. The van der Waals surface area contributed by atoms with E-state index in [0.29, 0.717) is 37.5 Å². The van der Waals surface area contributed by atoms with E-state index in [9.17, 15) is 18.3 Å². The molecule has 1 N–H and O–H groups in total. The standard InChI is InChI=1S/C18H29NO6S/c1-17(2,12-20)15-9-14(25-19-15)10-16(21)18(3,4)26(22,23)11-13-5-7-24-8-6-13/h9,13,20H,5-8,10-12H2,1-4H3. The summed E-state index contributed by atoms with van der Waals surface area (Å²) in [5.41, 5.74) is -0.0548. The molecule has 0 unspecified atom stereocenters. The van der Waals surface area contributed by atoms with Crippen molar-refractivity contribution in [3.63, 3.8) is 0 Å². The van der Waals surface area contributed by atoms with Crippen LogP contribution in [0.3, 0.4) is 0 Å². The smallest absolute Gasteiger partial charge is 0.162 e. The lowest BCUT2D eigenvalue weighted by Gasteiger charge is -2.28. The van der Waals surface area contributed by atoms with E-state index in [4.69, 9.17) is 9.26 Å². The van der Waals surface area contributed by atoms with Crippen molar-refractivity contribution in [3.8, 4) is 0 Å². The Kier molecular flexibility index (Phi) is 6.30. The third-order valence-corrected chi connectivity index (χ3v) is 7.92. The molecule has 1 saturated heterocycles. The summed E-state index contributed by atoms with van der Waals surface area (Å²) in [6.45, 7) is 7.54. The van der Waals surface area contributed by atoms with Crippen LogP contribution in [0.2, 0.25) is 0 Å². The van der Waals surface area contributed by atoms with Gasteiger partial charge in [-0.2, -0.15) is 0 Å². The lowest BCUT2D eigenvalue weighted by Crippen LogP contribution is -2.44. The predicted octanol–water partition coefficient (Wildman–Crippen LogP) is 1.68. The van der Waals surface area contributed by atoms with Gasteiger partial charge in [0, 0.05) is 24.7 Å². The fourth-order valence-electron chi connectivity index (χ4n) is 2.77. The van der Waals surface area contributed by atoms with Crippen molar-refractivity contribution < 1.29 is 27.6 Å². The number of carbonyl (C=O) groups is 1. The summed E-state index contributed by atoms with van der Waals surface area (Å²) in [7, 11) is -3.61. The zero-order valence-electron chi connectivity index (χ0n) is 15.9. The van der Waals surface area contributed by atoms with Crippen LogP contribution in [-0.4, -0.2) is 54.8 Å². The van der Waals surface area contributed by atoms with E-state index in [1.54, 1.807) is 19.9 Å². The topological polar surface area (TPSA) is 107 Å². The molecule has 0 aromatic carbocycles. The molecule has 1 fully saturated rings. The Morgan fingerprint density at radius 2 is 1.88 bits per heavy atom. The Hall–Kier alpha value is -1.25. The summed E-state index contributed by atoms with van der Waals surface area (Å²) in [4.78, 5) is 12.7. The van der Waals surface area contributed by atoms with Crippen LogP contribution in [0, 0.1) is 5.92 Å². The maximum absolute atomic E-state index is 12.8. The first kappa shape index (κ1) is 21.1. The minimum atomic E-state index is -3.61. The second-order valence-electron chi connectivity index (χ2n) is 8.17. The van der Waals surface area contributed by atoms with Gasteiger partial charge in [0.15, 0.2) is 15.6 Å². The van der Waals surface area contributed by atoms with Crippen LogP contribution in [0.5, 0.6) is 0 Å². The molecule has 1 aliphatic heterocycles. The first-order valence-corrected chi connectivity index (χ1v) is 10.5. The molecule has 0 atom stereocenters. The molecule has 2 heterocycles. The molecule has 0 bridgehead atoms. The van der Waals surface area contributed by atoms with Gasteiger partial charge in [-0.3, -0.25) is 4.79 Å². The van der Waals surface area contributed by atoms with Crippen molar-refractivity contribution in [1.29, 1.82) is 0 Å². The Balaban J connectivity index is 2.09. The van der Waals surface area contributed by atoms with Gasteiger partial charge in [0.05, 0.1) is 24.5 Å². The number of aliphatic hydroxyl groups excluding tert-OH is 1. The normalized spacial score (nSPS) is 17.4. The van der Waals surface area contributed by atoms with Crippen LogP contribution in [0.1, 0.15) is 52.0 Å². The van der Waals surface area contributed by atoms with E-state index in [1.165, 1.54) is 13.8 Å². The molecule has 1 aromatic heterocycles. The summed E-state index contributed by atoms with van der Waals surface area (Å²) in [6, 6.07) is 1.61. The molecule has 0 saturated carbocycles. The van der Waals surface area contributed by atoms with Crippen molar-refractivity contribution in [2.24, 2.45) is 5.92 Å². The molecule has 8 heteroatoms. The van der Waals surface area contributed by atoms with E-state index < -0.39 is 25.8 Å². The lowest BCUT2D eigenvalue weighted by molar-refractivity contribution is -0.120. The van der Waals surface area contributed by atoms with E-state index >= 15 is 0 Å². The fourth-order valence-corrected chi connectivity index (χ4v) is 4.56. The molecule has 26 heavy (non-hydrogen) atoms. The van der Waals surface area contributed by atoms with Crippen molar-refractivity contribution in [3.05, 3.63) is 17.5 Å². The summed E-state index contributed by atoms with van der Waals surface area (Å²) in [6.07, 6.45) is 1.25. The molecule has 0 spiro atoms. The van der Waals surface area contributed by atoms with Gasteiger partial charge in [-0.25, -0.2) is 8.42 Å². The largest absolute Gasteiger partial charge is 0.395 e. The average molecular weight is 387 g/mol. The Bertz CT molecular complexity index is 729. The Morgan fingerprint density at radius 1 is 1.27 bits per heavy atom. The van der Waals surface area contributed by atoms with E-state index in [0.717, 1.165) is 0 Å². The highest BCUT2D eigenvalue weighted by Gasteiger charge is 2.42. The molecule has 0 radical (unpaired) electrons. The number of rotatable bonds is 8. The van der Waals surface area contributed by atoms with Gasteiger partial charge >= 0.3 is 0 Å². The Labute approximate surface area is 155 Å². The van der Waals surface area contributed by atoms with Crippen molar-refractivity contribution in [2.45, 2.75) is 57.1 Å². The molecule has 0 aliphatic carbocycles. The number of nitrogens with zero attached hydrogens (tertiary/aromatic N) is 1. The van der Waals surface area contributed by atoms with Crippen LogP contribution < -0.4 is 0 Å². The highest BCUT2D eigenvalue weighted by atomic mass is 32.2. The SMILES string of the molecule is CC(C)(CO)c1cc(CC(=O)C(C)(C)S(=O)(=O)CC2CCOCC2)on1. The van der Waals surface area contributed by atoms with E-state index in [1.807, 2.05) is 0 Å². The van der Waals surface area contributed by atoms with Crippen LogP contribution in [0.4, 0.5) is 0 Å². The van der Waals surface area contributed by atoms with Gasteiger partial charge in [-0.15, -0.1) is 0 Å². The van der Waals surface area contributed by atoms with Gasteiger partial charge in [0.25, 0.3) is 0 Å². The third-order valence-electron chi connectivity index (χ3n) is 5.23. The molecular formula is C18H29NO6S. The van der Waals surface area contributed by atoms with Gasteiger partial charge in [0.1, 0.15) is 10.5 Å². The number of ether oxygens (including phenoxy) is 1. The van der Waals surface area contributed by atoms with Crippen LogP contribution in [0.15, 0.2) is 10.6 Å². The maximum Gasteiger partial charge on any atom is 0.162 e. The number of aromatic nitrogens is 1. The highest BCUT2D eigenvalue weighted by Crippen LogP contribution is 2.27. The fraction of sp³-hybridized carbons (Fsp3) is 0.778. The second-order valence-corrected chi connectivity index (χ2v) is 10.8. The summed E-state index contributed by atoms with van der Waals surface area (Å²) in [5, 5.41) is 13.3. The summed E-state index contributed by atoms with van der Waals surface area (Å²) < 4.78 is 34.6. The van der Waals surface area contributed by atoms with Gasteiger partial charge in [0.2, 0.25) is 0 Å². The molecule has 148 valence electrons. The molecule has 7 nitrogen and oxygen atoms in total. The number of aliphatic hydroxyl groups is 1. The summed E-state index contributed by atoms with van der Waals surface area (Å²) >= 11 is 0. The molecule has 1 aromatic rings. The Morgan fingerprint density at radius 3 is 2.46 bits per heavy atom. The molecule has 2 rings (SSSR count). The number of hydrogen-bond acceptors (Lipinski definition) is 7. The minimum absolute atomic E-state index is 0.00566. The van der Waals surface area contributed by atoms with Crippen molar-refractivity contribution >= 4 is 15.6 Å². The van der Waals surface area contributed by atoms with Crippen LogP contribution in [0.25, 0.3) is 0 Å². The average Bonchev–Trinajstić information content (AvgIpc) is 3.04. The van der Waals surface area contributed by atoms with Gasteiger partial charge in [-0.1, -0.05) is 19.0 Å². The first-order valence-electron chi connectivity index (χ1n) is 8.90. The number of hydrogen-bond donors (Lipinski definition) is 1. The second kappa shape index (κ2) is 7.78. The lowest BCUT2D eigenvalue weighted by atomic mass is 9.90. The number of ketones is 1. The van der Waals surface area contributed by atoms with Crippen molar-refractivity contribution in [2.75, 3.05) is 25.6 Å². The summed E-state index contributed by atoms with van der Waals surface area (Å²) in [5.74, 6) is -0.0909. The molecule has 1 aliphatic rings. The predicted molar refractivity (Wildman–Crippen MR) is 96.7 cm³/mol. The first-order chi connectivity index (χ1) is 12.0. The molecule has 0 amide bonds. The zero-order valence-corrected chi connectivity index (χ0v) is 16.8. The number of sulfone groups is 1. The number of carbonyl (C=O) groups excluding carboxylic acids is 1. The van der Waals surface area contributed by atoms with E-state index in [2.05, 4.69) is 5.16 Å². The zero-order chi connectivity index (χ0) is 19.6. The van der Waals surface area contributed by atoms with Gasteiger partial charge in [-0.05, 0) is 32.6 Å². The van der Waals surface area contributed by atoms with Crippen LogP contribution in [-0.2, 0) is 31.2 Å². The number of Topliss-reactive ketones (excluding diaryl/α,β-unsaturated/α-hetero) is 1.